The summed E-state index contributed by atoms with van der Waals surface area (Å²) in [7, 11) is 0. The second-order valence-corrected chi connectivity index (χ2v) is 8.85. The summed E-state index contributed by atoms with van der Waals surface area (Å²) < 4.78 is 15.5. The van der Waals surface area contributed by atoms with Crippen molar-refractivity contribution in [2.24, 2.45) is 0 Å². The van der Waals surface area contributed by atoms with E-state index < -0.39 is 0 Å². The third kappa shape index (κ3) is 4.85. The zero-order valence-corrected chi connectivity index (χ0v) is 17.6. The Balaban J connectivity index is 1.87. The highest BCUT2D eigenvalue weighted by Crippen LogP contribution is 2.31. The van der Waals surface area contributed by atoms with Crippen LogP contribution in [0.2, 0.25) is 4.34 Å². The summed E-state index contributed by atoms with van der Waals surface area (Å²) in [5.74, 6) is -0.420. The van der Waals surface area contributed by atoms with Crippen LogP contribution in [0.5, 0.6) is 0 Å². The number of thiophene rings is 1. The van der Waals surface area contributed by atoms with Gasteiger partial charge in [0.15, 0.2) is 5.13 Å². The lowest BCUT2D eigenvalue weighted by atomic mass is 10.3. The van der Waals surface area contributed by atoms with Gasteiger partial charge in [-0.3, -0.25) is 9.69 Å². The molecule has 3 rings (SSSR count). The molecule has 8 heteroatoms. The molecule has 0 saturated heterocycles. The van der Waals surface area contributed by atoms with Gasteiger partial charge in [0.25, 0.3) is 0 Å². The van der Waals surface area contributed by atoms with E-state index in [1.807, 2.05) is 12.1 Å². The lowest BCUT2D eigenvalue weighted by molar-refractivity contribution is -0.118. The molecule has 3 aromatic rings. The quantitative estimate of drug-likeness (QED) is 0.505. The Morgan fingerprint density at radius 3 is 2.56 bits per heavy atom. The van der Waals surface area contributed by atoms with Gasteiger partial charge in [-0.25, -0.2) is 9.37 Å². The van der Waals surface area contributed by atoms with Crippen LogP contribution in [0.3, 0.4) is 0 Å². The minimum atomic E-state index is -0.365. The maximum atomic E-state index is 14.1. The van der Waals surface area contributed by atoms with Crippen LogP contribution in [0.4, 0.5) is 9.52 Å². The number of likely N-dealkylation sites (N-methyl/N-ethyl adjacent to an activating group) is 1. The number of benzene rings is 1. The van der Waals surface area contributed by atoms with E-state index in [1.54, 1.807) is 17.0 Å². The van der Waals surface area contributed by atoms with E-state index in [1.165, 1.54) is 28.7 Å². The molecule has 4 nitrogen and oxygen atoms in total. The van der Waals surface area contributed by atoms with Gasteiger partial charge < -0.3 is 4.90 Å². The van der Waals surface area contributed by atoms with Crippen LogP contribution in [0.25, 0.3) is 10.2 Å². The zero-order chi connectivity index (χ0) is 19.4. The van der Waals surface area contributed by atoms with Gasteiger partial charge in [0, 0.05) is 18.0 Å². The number of thiazole rings is 1. The number of rotatable bonds is 8. The number of para-hydroxylation sites is 1. The zero-order valence-electron chi connectivity index (χ0n) is 15.2. The molecule has 0 saturated carbocycles. The van der Waals surface area contributed by atoms with Gasteiger partial charge in [-0.1, -0.05) is 42.9 Å². The molecule has 0 atom stereocenters. The van der Waals surface area contributed by atoms with Crippen LogP contribution in [0.15, 0.2) is 30.3 Å². The molecule has 0 fully saturated rings. The fraction of sp³-hybridized carbons (Fsp3) is 0.368. The first-order valence-electron chi connectivity index (χ1n) is 8.83. The highest BCUT2D eigenvalue weighted by Gasteiger charge is 2.22. The number of carbonyl (C=O) groups is 1. The average molecular weight is 426 g/mol. The van der Waals surface area contributed by atoms with Crippen LogP contribution in [0, 0.1) is 5.82 Å². The summed E-state index contributed by atoms with van der Waals surface area (Å²) in [5, 5.41) is 0.537. The van der Waals surface area contributed by atoms with Crippen molar-refractivity contribution >= 4 is 55.5 Å². The fourth-order valence-corrected chi connectivity index (χ4v) is 4.92. The van der Waals surface area contributed by atoms with Crippen molar-refractivity contribution < 1.29 is 9.18 Å². The second kappa shape index (κ2) is 9.10. The molecule has 27 heavy (non-hydrogen) atoms. The molecular formula is C19H21ClFN3OS2. The minimum Gasteiger partial charge on any atom is -0.302 e. The van der Waals surface area contributed by atoms with Gasteiger partial charge >= 0.3 is 0 Å². The Morgan fingerprint density at radius 1 is 1.15 bits per heavy atom. The standard InChI is InChI=1S/C19H21ClFN3OS2/c1-3-23(4-2)10-11-24(17(25)12-13-8-9-16(20)26-13)19-22-18-14(21)6-5-7-15(18)27-19/h5-9H,3-4,10-12H2,1-2H3. The number of anilines is 1. The van der Waals surface area contributed by atoms with E-state index >= 15 is 0 Å². The van der Waals surface area contributed by atoms with Crippen molar-refractivity contribution in [2.45, 2.75) is 20.3 Å². The van der Waals surface area contributed by atoms with Gasteiger partial charge in [-0.2, -0.15) is 0 Å². The molecule has 0 aliphatic heterocycles. The molecule has 0 N–H and O–H groups in total. The lowest BCUT2D eigenvalue weighted by Gasteiger charge is -2.24. The first-order chi connectivity index (χ1) is 13.0. The normalized spacial score (nSPS) is 11.4. The molecule has 1 aromatic carbocycles. The summed E-state index contributed by atoms with van der Waals surface area (Å²) in [5.41, 5.74) is 0.317. The van der Waals surface area contributed by atoms with Gasteiger partial charge in [0.05, 0.1) is 15.5 Å². The van der Waals surface area contributed by atoms with Crippen molar-refractivity contribution in [3.8, 4) is 0 Å². The summed E-state index contributed by atoms with van der Waals surface area (Å²) >= 11 is 8.73. The lowest BCUT2D eigenvalue weighted by Crippen LogP contribution is -2.39. The largest absolute Gasteiger partial charge is 0.302 e. The molecule has 0 aliphatic rings. The van der Waals surface area contributed by atoms with Crippen molar-refractivity contribution in [1.29, 1.82) is 0 Å². The van der Waals surface area contributed by atoms with Gasteiger partial charge in [0.2, 0.25) is 5.91 Å². The Bertz CT molecular complexity index is 923. The average Bonchev–Trinajstić information content (AvgIpc) is 3.25. The van der Waals surface area contributed by atoms with Crippen molar-refractivity contribution in [1.82, 2.24) is 9.88 Å². The Kier molecular flexibility index (Phi) is 6.81. The number of nitrogens with zero attached hydrogens (tertiary/aromatic N) is 3. The number of hydrogen-bond donors (Lipinski definition) is 0. The van der Waals surface area contributed by atoms with Crippen LogP contribution < -0.4 is 4.90 Å². The Labute approximate surface area is 171 Å². The van der Waals surface area contributed by atoms with E-state index in [0.29, 0.717) is 21.5 Å². The van der Waals surface area contributed by atoms with Crippen LogP contribution in [-0.2, 0) is 11.2 Å². The number of hydrogen-bond acceptors (Lipinski definition) is 5. The van der Waals surface area contributed by atoms with E-state index in [-0.39, 0.29) is 18.1 Å². The summed E-state index contributed by atoms with van der Waals surface area (Å²) in [4.78, 5) is 22.3. The molecule has 1 amide bonds. The first-order valence-corrected chi connectivity index (χ1v) is 10.8. The second-order valence-electron chi connectivity index (χ2n) is 6.04. The molecule has 144 valence electrons. The van der Waals surface area contributed by atoms with E-state index in [4.69, 9.17) is 11.6 Å². The smallest absolute Gasteiger partial charge is 0.234 e. The molecule has 2 aromatic heterocycles. The maximum absolute atomic E-state index is 14.1. The number of aromatic nitrogens is 1. The molecule has 0 unspecified atom stereocenters. The maximum Gasteiger partial charge on any atom is 0.234 e. The van der Waals surface area contributed by atoms with E-state index in [9.17, 15) is 9.18 Å². The van der Waals surface area contributed by atoms with Gasteiger partial charge in [-0.05, 0) is 37.4 Å². The topological polar surface area (TPSA) is 36.4 Å². The fourth-order valence-electron chi connectivity index (χ4n) is 2.82. The minimum absolute atomic E-state index is 0.0554. The van der Waals surface area contributed by atoms with Crippen LogP contribution in [-0.4, -0.2) is 42.0 Å². The predicted octanol–water partition coefficient (Wildman–Crippen LogP) is 5.07. The van der Waals surface area contributed by atoms with E-state index in [2.05, 4.69) is 23.7 Å². The summed E-state index contributed by atoms with van der Waals surface area (Å²) in [6, 6.07) is 8.54. The monoisotopic (exact) mass is 425 g/mol. The predicted molar refractivity (Wildman–Crippen MR) is 113 cm³/mol. The van der Waals surface area contributed by atoms with E-state index in [0.717, 1.165) is 29.2 Å². The number of halogens is 2. The molecule has 0 bridgehead atoms. The molecule has 0 radical (unpaired) electrons. The molecule has 2 heterocycles. The van der Waals surface area contributed by atoms with Crippen LogP contribution in [0.1, 0.15) is 18.7 Å². The van der Waals surface area contributed by atoms with Gasteiger partial charge in [-0.15, -0.1) is 11.3 Å². The van der Waals surface area contributed by atoms with Crippen LogP contribution >= 0.6 is 34.3 Å². The Hall–Kier alpha value is -1.54. The summed E-state index contributed by atoms with van der Waals surface area (Å²) in [6.07, 6.45) is 0.258. The highest BCUT2D eigenvalue weighted by atomic mass is 35.5. The number of amides is 1. The van der Waals surface area contributed by atoms with Gasteiger partial charge in [0.1, 0.15) is 11.3 Å². The van der Waals surface area contributed by atoms with Crippen molar-refractivity contribution in [3.05, 3.63) is 45.4 Å². The van der Waals surface area contributed by atoms with Crippen molar-refractivity contribution in [2.75, 3.05) is 31.1 Å². The third-order valence-electron chi connectivity index (χ3n) is 4.38. The highest BCUT2D eigenvalue weighted by molar-refractivity contribution is 7.22. The first kappa shape index (κ1) is 20.2. The Morgan fingerprint density at radius 2 is 1.93 bits per heavy atom. The van der Waals surface area contributed by atoms with Crippen molar-refractivity contribution in [3.63, 3.8) is 0 Å². The number of fused-ring (bicyclic) bond motifs is 1. The summed E-state index contributed by atoms with van der Waals surface area (Å²) in [6.45, 7) is 7.26. The SMILES string of the molecule is CCN(CC)CCN(C(=O)Cc1ccc(Cl)s1)c1nc2c(F)cccc2s1. The third-order valence-corrected chi connectivity index (χ3v) is 6.65. The molecular weight excluding hydrogens is 405 g/mol. The molecule has 0 spiro atoms. The molecule has 0 aliphatic carbocycles. The number of carbonyl (C=O) groups excluding carboxylic acids is 1.